The minimum absolute atomic E-state index is 0.149. The van der Waals surface area contributed by atoms with Gasteiger partial charge in [0.05, 0.1) is 7.11 Å². The van der Waals surface area contributed by atoms with Gasteiger partial charge in [-0.25, -0.2) is 0 Å². The van der Waals surface area contributed by atoms with E-state index >= 15 is 0 Å². The van der Waals surface area contributed by atoms with Crippen LogP contribution in [0.3, 0.4) is 0 Å². The summed E-state index contributed by atoms with van der Waals surface area (Å²) >= 11 is 4.79. The van der Waals surface area contributed by atoms with Gasteiger partial charge < -0.3 is 10.1 Å². The minimum atomic E-state index is -0.149. The van der Waals surface area contributed by atoms with Crippen molar-refractivity contribution in [2.45, 2.75) is 6.92 Å². The first-order chi connectivity index (χ1) is 8.61. The molecular formula is C13H12BrNO2S. The van der Waals surface area contributed by atoms with E-state index in [1.165, 1.54) is 11.3 Å². The third-order valence-corrected chi connectivity index (χ3v) is 4.26. The largest absolute Gasteiger partial charge is 0.495 e. The van der Waals surface area contributed by atoms with Crippen LogP contribution in [0.25, 0.3) is 0 Å². The highest BCUT2D eigenvalue weighted by Gasteiger charge is 2.14. The molecule has 1 heterocycles. The van der Waals surface area contributed by atoms with E-state index in [9.17, 15) is 4.79 Å². The maximum absolute atomic E-state index is 12.1. The van der Waals surface area contributed by atoms with Gasteiger partial charge >= 0.3 is 0 Å². The number of benzene rings is 1. The highest BCUT2D eigenvalue weighted by Crippen LogP contribution is 2.26. The van der Waals surface area contributed by atoms with Crippen LogP contribution in [0, 0.1) is 6.92 Å². The number of carbonyl (C=O) groups excluding carboxylic acids is 1. The van der Waals surface area contributed by atoms with Crippen molar-refractivity contribution in [1.82, 2.24) is 0 Å². The number of amides is 1. The lowest BCUT2D eigenvalue weighted by Gasteiger charge is -2.07. The van der Waals surface area contributed by atoms with Crippen LogP contribution in [0.1, 0.15) is 15.2 Å². The quantitative estimate of drug-likeness (QED) is 0.923. The molecule has 2 rings (SSSR count). The summed E-state index contributed by atoms with van der Waals surface area (Å²) in [5, 5.41) is 4.69. The van der Waals surface area contributed by atoms with Gasteiger partial charge in [-0.15, -0.1) is 11.3 Å². The van der Waals surface area contributed by atoms with Crippen molar-refractivity contribution in [3.05, 3.63) is 44.6 Å². The topological polar surface area (TPSA) is 38.3 Å². The van der Waals surface area contributed by atoms with E-state index in [0.717, 1.165) is 15.7 Å². The molecule has 0 saturated carbocycles. The molecule has 0 unspecified atom stereocenters. The van der Waals surface area contributed by atoms with Crippen molar-refractivity contribution in [3.63, 3.8) is 0 Å². The van der Waals surface area contributed by atoms with E-state index in [1.54, 1.807) is 13.2 Å². The van der Waals surface area contributed by atoms with E-state index in [0.29, 0.717) is 10.6 Å². The molecule has 5 heteroatoms. The molecule has 3 nitrogen and oxygen atoms in total. The Morgan fingerprint density at radius 2 is 2.17 bits per heavy atom. The van der Waals surface area contributed by atoms with Crippen molar-refractivity contribution in [3.8, 4) is 5.75 Å². The van der Waals surface area contributed by atoms with Crippen molar-refractivity contribution in [1.29, 1.82) is 0 Å². The number of ether oxygens (including phenoxy) is 1. The summed E-state index contributed by atoms with van der Waals surface area (Å²) in [5.74, 6) is 0.454. The molecule has 2 aromatic rings. The lowest BCUT2D eigenvalue weighted by atomic mass is 10.2. The summed E-state index contributed by atoms with van der Waals surface area (Å²) in [6.07, 6.45) is 0. The molecule has 1 aromatic heterocycles. The highest BCUT2D eigenvalue weighted by atomic mass is 79.9. The van der Waals surface area contributed by atoms with Crippen LogP contribution >= 0.6 is 27.3 Å². The van der Waals surface area contributed by atoms with E-state index < -0.39 is 0 Å². The number of hydrogen-bond donors (Lipinski definition) is 1. The Labute approximate surface area is 118 Å². The van der Waals surface area contributed by atoms with Crippen LogP contribution in [0.5, 0.6) is 5.75 Å². The number of methoxy groups -OCH3 is 1. The van der Waals surface area contributed by atoms with Gasteiger partial charge in [0, 0.05) is 10.2 Å². The first-order valence-electron chi connectivity index (χ1n) is 5.31. The van der Waals surface area contributed by atoms with Gasteiger partial charge in [-0.2, -0.15) is 0 Å². The molecule has 0 radical (unpaired) electrons. The zero-order chi connectivity index (χ0) is 13.1. The summed E-state index contributed by atoms with van der Waals surface area (Å²) in [4.78, 5) is 12.6. The summed E-state index contributed by atoms with van der Waals surface area (Å²) in [6.45, 7) is 1.98. The third-order valence-electron chi connectivity index (χ3n) is 2.47. The van der Waals surface area contributed by atoms with Crippen molar-refractivity contribution >= 4 is 38.9 Å². The Hall–Kier alpha value is -1.33. The first-order valence-corrected chi connectivity index (χ1v) is 6.98. The van der Waals surface area contributed by atoms with E-state index in [4.69, 9.17) is 4.74 Å². The standard InChI is InChI=1S/C13H12BrNO2S/c1-8-7-9(3-4-10(8)14)15-13(16)12-11(17-2)5-6-18-12/h3-7H,1-2H3,(H,15,16). The Morgan fingerprint density at radius 3 is 2.83 bits per heavy atom. The highest BCUT2D eigenvalue weighted by molar-refractivity contribution is 9.10. The molecule has 0 aliphatic carbocycles. The molecule has 1 aromatic carbocycles. The second kappa shape index (κ2) is 5.54. The second-order valence-electron chi connectivity index (χ2n) is 3.74. The minimum Gasteiger partial charge on any atom is -0.495 e. The van der Waals surface area contributed by atoms with Gasteiger partial charge in [0.25, 0.3) is 5.91 Å². The van der Waals surface area contributed by atoms with Crippen LogP contribution in [0.2, 0.25) is 0 Å². The first kappa shape index (κ1) is 13.1. The monoisotopic (exact) mass is 325 g/mol. The molecular weight excluding hydrogens is 314 g/mol. The normalized spacial score (nSPS) is 10.2. The Kier molecular flexibility index (Phi) is 4.04. The van der Waals surface area contributed by atoms with E-state index in [1.807, 2.05) is 30.5 Å². The number of rotatable bonds is 3. The van der Waals surface area contributed by atoms with Gasteiger partial charge in [-0.1, -0.05) is 15.9 Å². The van der Waals surface area contributed by atoms with Gasteiger partial charge in [0.15, 0.2) is 0 Å². The predicted octanol–water partition coefficient (Wildman–Crippen LogP) is 4.08. The molecule has 0 atom stereocenters. The fourth-order valence-electron chi connectivity index (χ4n) is 1.53. The fourth-order valence-corrected chi connectivity index (χ4v) is 2.53. The van der Waals surface area contributed by atoms with Gasteiger partial charge in [0.1, 0.15) is 10.6 Å². The number of nitrogens with one attached hydrogen (secondary N) is 1. The van der Waals surface area contributed by atoms with Crippen LogP contribution in [0.4, 0.5) is 5.69 Å². The average molecular weight is 326 g/mol. The number of anilines is 1. The van der Waals surface area contributed by atoms with Gasteiger partial charge in [-0.3, -0.25) is 4.79 Å². The smallest absolute Gasteiger partial charge is 0.269 e. The lowest BCUT2D eigenvalue weighted by Crippen LogP contribution is -2.11. The summed E-state index contributed by atoms with van der Waals surface area (Å²) in [7, 11) is 1.56. The Bertz CT molecular complexity index is 580. The molecule has 1 N–H and O–H groups in total. The SMILES string of the molecule is COc1ccsc1C(=O)Nc1ccc(Br)c(C)c1. The van der Waals surface area contributed by atoms with E-state index in [-0.39, 0.29) is 5.91 Å². The number of aryl methyl sites for hydroxylation is 1. The fraction of sp³-hybridized carbons (Fsp3) is 0.154. The summed E-state index contributed by atoms with van der Waals surface area (Å²) in [6, 6.07) is 7.47. The predicted molar refractivity (Wildman–Crippen MR) is 77.7 cm³/mol. The molecule has 0 fully saturated rings. The van der Waals surface area contributed by atoms with Crippen LogP contribution in [0.15, 0.2) is 34.1 Å². The maximum atomic E-state index is 12.1. The third kappa shape index (κ3) is 2.73. The maximum Gasteiger partial charge on any atom is 0.269 e. The molecule has 0 saturated heterocycles. The van der Waals surface area contributed by atoms with E-state index in [2.05, 4.69) is 21.2 Å². The lowest BCUT2D eigenvalue weighted by molar-refractivity contribution is 0.102. The molecule has 0 aliphatic heterocycles. The molecule has 0 bridgehead atoms. The summed E-state index contributed by atoms with van der Waals surface area (Å²) in [5.41, 5.74) is 1.85. The number of hydrogen-bond acceptors (Lipinski definition) is 3. The second-order valence-corrected chi connectivity index (χ2v) is 5.51. The Balaban J connectivity index is 2.19. The van der Waals surface area contributed by atoms with Crippen molar-refractivity contribution in [2.75, 3.05) is 12.4 Å². The number of halogens is 1. The zero-order valence-electron chi connectivity index (χ0n) is 9.99. The number of thiophene rings is 1. The molecule has 0 spiro atoms. The molecule has 18 heavy (non-hydrogen) atoms. The Morgan fingerprint density at radius 1 is 1.39 bits per heavy atom. The van der Waals surface area contributed by atoms with Crippen molar-refractivity contribution < 1.29 is 9.53 Å². The van der Waals surface area contributed by atoms with Gasteiger partial charge in [0.2, 0.25) is 0 Å². The zero-order valence-corrected chi connectivity index (χ0v) is 12.4. The molecule has 94 valence electrons. The average Bonchev–Trinajstić information content (AvgIpc) is 2.82. The number of carbonyl (C=O) groups is 1. The van der Waals surface area contributed by atoms with Crippen LogP contribution < -0.4 is 10.1 Å². The molecule has 0 aliphatic rings. The molecule has 1 amide bonds. The summed E-state index contributed by atoms with van der Waals surface area (Å²) < 4.78 is 6.15. The van der Waals surface area contributed by atoms with Crippen molar-refractivity contribution in [2.24, 2.45) is 0 Å². The van der Waals surface area contributed by atoms with Crippen LogP contribution in [-0.2, 0) is 0 Å². The van der Waals surface area contributed by atoms with Gasteiger partial charge in [-0.05, 0) is 42.1 Å². The van der Waals surface area contributed by atoms with Crippen LogP contribution in [-0.4, -0.2) is 13.0 Å².